The molecule has 1 aromatic rings. The number of nitrogens with one attached hydrogen (secondary N) is 2. The van der Waals surface area contributed by atoms with Crippen molar-refractivity contribution in [1.29, 1.82) is 0 Å². The van der Waals surface area contributed by atoms with Gasteiger partial charge in [-0.3, -0.25) is 4.79 Å². The summed E-state index contributed by atoms with van der Waals surface area (Å²) in [5, 5.41) is 3.03. The van der Waals surface area contributed by atoms with Crippen LogP contribution in [-0.2, 0) is 14.3 Å². The van der Waals surface area contributed by atoms with Gasteiger partial charge in [0.1, 0.15) is 5.69 Å². The van der Waals surface area contributed by atoms with Gasteiger partial charge in [0.05, 0.1) is 12.2 Å². The molecule has 2 rings (SSSR count). The highest BCUT2D eigenvalue weighted by Crippen LogP contribution is 2.29. The average Bonchev–Trinajstić information content (AvgIpc) is 2.93. The third-order valence-electron chi connectivity index (χ3n) is 5.81. The van der Waals surface area contributed by atoms with Crippen LogP contribution in [0.4, 0.5) is 0 Å². The van der Waals surface area contributed by atoms with Gasteiger partial charge in [-0.2, -0.15) is 0 Å². The molecular formula is C21H32N2O5. The lowest BCUT2D eigenvalue weighted by atomic mass is 9.78. The fourth-order valence-corrected chi connectivity index (χ4v) is 3.82. The van der Waals surface area contributed by atoms with Gasteiger partial charge >= 0.3 is 11.9 Å². The fraction of sp³-hybridized carbons (Fsp3) is 0.667. The number of aryl methyl sites for hydroxylation is 1. The van der Waals surface area contributed by atoms with Crippen LogP contribution in [0.5, 0.6) is 0 Å². The van der Waals surface area contributed by atoms with E-state index in [1.165, 1.54) is 6.42 Å². The minimum absolute atomic E-state index is 0.101. The van der Waals surface area contributed by atoms with Crippen molar-refractivity contribution in [3.8, 4) is 0 Å². The Balaban J connectivity index is 2.04. The molecule has 1 aromatic heterocycles. The summed E-state index contributed by atoms with van der Waals surface area (Å²) in [6.07, 6.45) is 2.28. The van der Waals surface area contributed by atoms with Crippen molar-refractivity contribution in [3.05, 3.63) is 22.5 Å². The number of carbonyl (C=O) groups excluding carboxylic acids is 3. The van der Waals surface area contributed by atoms with Gasteiger partial charge in [-0.1, -0.05) is 26.7 Å². The van der Waals surface area contributed by atoms with E-state index < -0.39 is 18.0 Å². The molecule has 0 spiro atoms. The van der Waals surface area contributed by atoms with E-state index in [0.717, 1.165) is 12.8 Å². The van der Waals surface area contributed by atoms with Gasteiger partial charge in [0.25, 0.3) is 5.91 Å². The second kappa shape index (κ2) is 9.26. The third-order valence-corrected chi connectivity index (χ3v) is 5.81. The summed E-state index contributed by atoms with van der Waals surface area (Å²) in [5.74, 6) is -0.496. The second-order valence-electron chi connectivity index (χ2n) is 7.78. The molecule has 4 atom stereocenters. The Morgan fingerprint density at radius 1 is 1.18 bits per heavy atom. The second-order valence-corrected chi connectivity index (χ2v) is 7.78. The van der Waals surface area contributed by atoms with Crippen LogP contribution >= 0.6 is 0 Å². The molecule has 2 N–H and O–H groups in total. The van der Waals surface area contributed by atoms with E-state index in [2.05, 4.69) is 24.1 Å². The number of ether oxygens (including phenoxy) is 2. The van der Waals surface area contributed by atoms with Gasteiger partial charge in [0.2, 0.25) is 0 Å². The minimum Gasteiger partial charge on any atom is -0.461 e. The number of rotatable bonds is 6. The number of amides is 1. The monoisotopic (exact) mass is 392 g/mol. The zero-order valence-corrected chi connectivity index (χ0v) is 17.7. The molecular weight excluding hydrogens is 360 g/mol. The van der Waals surface area contributed by atoms with E-state index in [1.54, 1.807) is 27.7 Å². The average molecular weight is 392 g/mol. The van der Waals surface area contributed by atoms with Crippen molar-refractivity contribution >= 4 is 17.8 Å². The lowest BCUT2D eigenvalue weighted by molar-refractivity contribution is -0.130. The van der Waals surface area contributed by atoms with E-state index in [1.807, 2.05) is 0 Å². The van der Waals surface area contributed by atoms with Gasteiger partial charge in [-0.05, 0) is 51.5 Å². The Kier molecular flexibility index (Phi) is 7.27. The molecule has 7 heteroatoms. The maximum Gasteiger partial charge on any atom is 0.355 e. The largest absolute Gasteiger partial charge is 0.461 e. The normalized spacial score (nSPS) is 23.0. The summed E-state index contributed by atoms with van der Waals surface area (Å²) in [7, 11) is 0. The van der Waals surface area contributed by atoms with Crippen LogP contribution in [0.25, 0.3) is 0 Å². The number of carbonyl (C=O) groups is 3. The number of aromatic amines is 1. The first-order chi connectivity index (χ1) is 13.2. The van der Waals surface area contributed by atoms with E-state index in [9.17, 15) is 14.4 Å². The lowest BCUT2D eigenvalue weighted by Crippen LogP contribution is -2.47. The van der Waals surface area contributed by atoms with Crippen LogP contribution in [0.1, 0.15) is 79.1 Å². The molecule has 0 aromatic carbocycles. The molecule has 1 amide bonds. The van der Waals surface area contributed by atoms with Crippen molar-refractivity contribution in [2.45, 2.75) is 73.0 Å². The summed E-state index contributed by atoms with van der Waals surface area (Å²) >= 11 is 0. The van der Waals surface area contributed by atoms with Crippen LogP contribution in [0.3, 0.4) is 0 Å². The first-order valence-corrected chi connectivity index (χ1v) is 10.0. The standard InChI is InChI=1S/C21H32N2O5/c1-7-27-21(26)18-13(4)17(14(5)22-18)20(25)28-15(6)19(24)23-16-10-8-9-11(2)12(16)3/h11-12,15-16,22H,7-10H2,1-6H3,(H,23,24)/t11-,12+,15-,16-/m1/s1. The molecule has 0 unspecified atom stereocenters. The molecule has 1 aliphatic rings. The Hall–Kier alpha value is -2.31. The highest BCUT2D eigenvalue weighted by Gasteiger charge is 2.31. The third kappa shape index (κ3) is 4.75. The molecule has 1 fully saturated rings. The summed E-state index contributed by atoms with van der Waals surface area (Å²) in [6, 6.07) is 0.101. The predicted octanol–water partition coefficient (Wildman–Crippen LogP) is 3.29. The summed E-state index contributed by atoms with van der Waals surface area (Å²) in [4.78, 5) is 40.0. The Bertz CT molecular complexity index is 739. The molecule has 156 valence electrons. The van der Waals surface area contributed by atoms with E-state index >= 15 is 0 Å². The Labute approximate surface area is 166 Å². The van der Waals surface area contributed by atoms with Crippen molar-refractivity contribution in [3.63, 3.8) is 0 Å². The van der Waals surface area contributed by atoms with Crippen molar-refractivity contribution in [2.24, 2.45) is 11.8 Å². The lowest BCUT2D eigenvalue weighted by Gasteiger charge is -2.35. The van der Waals surface area contributed by atoms with Crippen LogP contribution in [-0.4, -0.2) is 41.6 Å². The zero-order valence-electron chi connectivity index (χ0n) is 17.7. The molecule has 1 heterocycles. The molecule has 1 aliphatic carbocycles. The Morgan fingerprint density at radius 2 is 1.86 bits per heavy atom. The van der Waals surface area contributed by atoms with E-state index in [-0.39, 0.29) is 29.8 Å². The predicted molar refractivity (Wildman–Crippen MR) is 105 cm³/mol. The van der Waals surface area contributed by atoms with Crippen LogP contribution in [0.15, 0.2) is 0 Å². The molecule has 0 saturated heterocycles. The van der Waals surface area contributed by atoms with Gasteiger partial charge < -0.3 is 19.8 Å². The van der Waals surface area contributed by atoms with Crippen molar-refractivity contribution in [2.75, 3.05) is 6.61 Å². The molecule has 0 aliphatic heterocycles. The number of hydrogen-bond donors (Lipinski definition) is 2. The highest BCUT2D eigenvalue weighted by molar-refractivity contribution is 5.99. The maximum absolute atomic E-state index is 12.6. The topological polar surface area (TPSA) is 97.5 Å². The van der Waals surface area contributed by atoms with Crippen LogP contribution in [0, 0.1) is 25.7 Å². The summed E-state index contributed by atoms with van der Waals surface area (Å²) in [5.41, 5.74) is 1.46. The van der Waals surface area contributed by atoms with Crippen molar-refractivity contribution in [1.82, 2.24) is 10.3 Å². The first kappa shape index (κ1) is 22.0. The highest BCUT2D eigenvalue weighted by atomic mass is 16.5. The molecule has 28 heavy (non-hydrogen) atoms. The maximum atomic E-state index is 12.6. The van der Waals surface area contributed by atoms with Crippen LogP contribution in [0.2, 0.25) is 0 Å². The van der Waals surface area contributed by atoms with Gasteiger partial charge in [0, 0.05) is 11.7 Å². The van der Waals surface area contributed by atoms with E-state index in [0.29, 0.717) is 23.1 Å². The number of aromatic nitrogens is 1. The molecule has 0 radical (unpaired) electrons. The van der Waals surface area contributed by atoms with E-state index in [4.69, 9.17) is 9.47 Å². The SMILES string of the molecule is CCOC(=O)c1[nH]c(C)c(C(=O)O[C@H](C)C(=O)N[C@@H]2CCC[C@@H](C)[C@@H]2C)c1C. The summed E-state index contributed by atoms with van der Waals surface area (Å²) in [6.45, 7) is 11.2. The number of H-pyrrole nitrogens is 1. The van der Waals surface area contributed by atoms with Crippen LogP contribution < -0.4 is 5.32 Å². The van der Waals surface area contributed by atoms with Gasteiger partial charge in [-0.25, -0.2) is 9.59 Å². The van der Waals surface area contributed by atoms with Gasteiger partial charge in [-0.15, -0.1) is 0 Å². The molecule has 7 nitrogen and oxygen atoms in total. The smallest absolute Gasteiger partial charge is 0.355 e. The van der Waals surface area contributed by atoms with Crippen molar-refractivity contribution < 1.29 is 23.9 Å². The first-order valence-electron chi connectivity index (χ1n) is 10.0. The number of hydrogen-bond acceptors (Lipinski definition) is 5. The summed E-state index contributed by atoms with van der Waals surface area (Å²) < 4.78 is 10.4. The molecule has 0 bridgehead atoms. The Morgan fingerprint density at radius 3 is 2.50 bits per heavy atom. The zero-order chi connectivity index (χ0) is 21.0. The number of esters is 2. The molecule has 1 saturated carbocycles. The minimum atomic E-state index is -0.920. The fourth-order valence-electron chi connectivity index (χ4n) is 3.82. The van der Waals surface area contributed by atoms with Gasteiger partial charge in [0.15, 0.2) is 6.10 Å². The quantitative estimate of drug-likeness (QED) is 0.724.